The van der Waals surface area contributed by atoms with Crippen molar-refractivity contribution in [2.24, 2.45) is 0 Å². The monoisotopic (exact) mass is 238 g/mol. The van der Waals surface area contributed by atoms with Crippen LogP contribution in [-0.4, -0.2) is 12.8 Å². The third-order valence-electron chi connectivity index (χ3n) is 2.43. The summed E-state index contributed by atoms with van der Waals surface area (Å²) >= 11 is 0. The van der Waals surface area contributed by atoms with Gasteiger partial charge >= 0.3 is 58.4 Å². The van der Waals surface area contributed by atoms with Crippen molar-refractivity contribution >= 4 is 18.2 Å². The molecule has 0 bridgehead atoms. The number of carbonyl (C=O) groups excluding carboxylic acids is 1. The molecule has 0 aromatic heterocycles. The number of aryl methyl sites for hydroxylation is 1. The first-order valence-corrected chi connectivity index (χ1v) is 4.34. The number of rotatable bonds is 1. The number of fused-ring (bicyclic) bond motifs is 1. The van der Waals surface area contributed by atoms with E-state index in [9.17, 15) is 17.7 Å². The summed E-state index contributed by atoms with van der Waals surface area (Å²) in [6, 6.07) is 3.44. The molecule has 6 heteroatoms. The quantitative estimate of drug-likeness (QED) is 0.566. The fraction of sp³-hybridized carbons (Fsp3) is 0.222. The summed E-state index contributed by atoms with van der Waals surface area (Å²) in [6.07, 6.45) is 0.906. The molecule has 2 rings (SSSR count). The molecule has 1 aromatic carbocycles. The molecule has 1 aromatic rings. The van der Waals surface area contributed by atoms with Gasteiger partial charge in [0.25, 0.3) is 0 Å². The first-order chi connectivity index (χ1) is 6.48. The molecule has 0 amide bonds. The van der Waals surface area contributed by atoms with Gasteiger partial charge in [-0.1, -0.05) is 18.2 Å². The van der Waals surface area contributed by atoms with Crippen molar-refractivity contribution in [2.45, 2.75) is 12.8 Å². The molecule has 0 saturated heterocycles. The van der Waals surface area contributed by atoms with Crippen LogP contribution in [0, 0.1) is 0 Å². The molecule has 0 spiro atoms. The molecule has 0 fully saturated rings. The summed E-state index contributed by atoms with van der Waals surface area (Å²) in [5.41, 5.74) is 0.305. The maximum absolute atomic E-state index is 12.3. The van der Waals surface area contributed by atoms with Crippen LogP contribution >= 0.6 is 0 Å². The van der Waals surface area contributed by atoms with Crippen LogP contribution in [0.3, 0.4) is 0 Å². The summed E-state index contributed by atoms with van der Waals surface area (Å²) in [5.74, 6) is -0.179. The number of Topliss-reactive ketones (excluding diaryl/α,β-unsaturated/α-hetero) is 1. The van der Waals surface area contributed by atoms with Crippen LogP contribution in [-0.2, 0) is 6.42 Å². The molecule has 0 N–H and O–H groups in total. The second-order valence-corrected chi connectivity index (χ2v) is 3.41. The van der Waals surface area contributed by atoms with Crippen molar-refractivity contribution in [3.8, 4) is 0 Å². The average molecular weight is 238 g/mol. The smallest absolute Gasteiger partial charge is 0.445 e. The molecule has 1 aliphatic carbocycles. The molecule has 0 aliphatic heterocycles. The van der Waals surface area contributed by atoms with Gasteiger partial charge in [0.1, 0.15) is 0 Å². The third-order valence-corrected chi connectivity index (χ3v) is 2.43. The van der Waals surface area contributed by atoms with E-state index < -0.39 is 12.4 Å². The summed E-state index contributed by atoms with van der Waals surface area (Å²) in [4.78, 5) is 11.2. The first-order valence-electron chi connectivity index (χ1n) is 4.34. The van der Waals surface area contributed by atoms with Gasteiger partial charge in [0.05, 0.1) is 0 Å². The van der Waals surface area contributed by atoms with E-state index in [1.54, 1.807) is 0 Å². The van der Waals surface area contributed by atoms with Gasteiger partial charge in [-0.2, -0.15) is 0 Å². The van der Waals surface area contributed by atoms with Crippen LogP contribution in [0.25, 0.3) is 0 Å². The Morgan fingerprint density at radius 2 is 1.80 bits per heavy atom. The Bertz CT molecular complexity index is 403. The number of halogens is 3. The zero-order valence-electron chi connectivity index (χ0n) is 8.27. The van der Waals surface area contributed by atoms with Crippen molar-refractivity contribution in [3.05, 3.63) is 29.3 Å². The number of benzene rings is 1. The molecule has 0 atom stereocenters. The van der Waals surface area contributed by atoms with E-state index in [0.29, 0.717) is 12.8 Å². The topological polar surface area (TPSA) is 17.1 Å². The van der Waals surface area contributed by atoms with Crippen molar-refractivity contribution in [3.63, 3.8) is 0 Å². The molecule has 1 aliphatic rings. The minimum absolute atomic E-state index is 0. The van der Waals surface area contributed by atoms with E-state index in [1.165, 1.54) is 6.07 Å². The van der Waals surface area contributed by atoms with Crippen molar-refractivity contribution in [2.75, 3.05) is 0 Å². The van der Waals surface area contributed by atoms with E-state index in [-0.39, 0.29) is 62.7 Å². The summed E-state index contributed by atoms with van der Waals surface area (Å²) in [6.45, 7) is -4.99. The molecule has 15 heavy (non-hydrogen) atoms. The predicted octanol–water partition coefficient (Wildman–Crippen LogP) is -1.13. The van der Waals surface area contributed by atoms with Gasteiger partial charge in [0.2, 0.25) is 0 Å². The van der Waals surface area contributed by atoms with Crippen LogP contribution < -0.4 is 56.8 Å². The van der Waals surface area contributed by atoms with E-state index in [2.05, 4.69) is 0 Å². The second kappa shape index (κ2) is 4.71. The summed E-state index contributed by atoms with van der Waals surface area (Å²) in [7, 11) is 0. The average Bonchev–Trinajstić information content (AvgIpc) is 2.46. The number of hydrogen-bond donors (Lipinski definition) is 0. The molecule has 1 nitrogen and oxygen atoms in total. The Kier molecular flexibility index (Phi) is 4.22. The normalized spacial score (nSPS) is 14.7. The zero-order valence-corrected chi connectivity index (χ0v) is 11.4. The van der Waals surface area contributed by atoms with Crippen LogP contribution in [0.4, 0.5) is 12.9 Å². The Morgan fingerprint density at radius 1 is 1.13 bits per heavy atom. The largest absolute Gasteiger partial charge is 1.00 e. The number of carbonyl (C=O) groups is 1. The second-order valence-electron chi connectivity index (χ2n) is 3.41. The van der Waals surface area contributed by atoms with Crippen molar-refractivity contribution < 1.29 is 69.1 Å². The Labute approximate surface area is 128 Å². The fourth-order valence-electron chi connectivity index (χ4n) is 1.66. The zero-order chi connectivity index (χ0) is 10.3. The maximum Gasteiger partial charge on any atom is 1.00 e. The fourth-order valence-corrected chi connectivity index (χ4v) is 1.66. The molecule has 0 heterocycles. The van der Waals surface area contributed by atoms with Gasteiger partial charge in [0.15, 0.2) is 5.78 Å². The van der Waals surface area contributed by atoms with Gasteiger partial charge in [-0.15, -0.1) is 5.46 Å². The van der Waals surface area contributed by atoms with Gasteiger partial charge in [-0.3, -0.25) is 4.79 Å². The van der Waals surface area contributed by atoms with Crippen molar-refractivity contribution in [1.82, 2.24) is 0 Å². The van der Waals surface area contributed by atoms with Crippen LogP contribution in [0.5, 0.6) is 0 Å². The van der Waals surface area contributed by atoms with Gasteiger partial charge in [-0.25, -0.2) is 0 Å². The molecular formula is C9H7BF3KO. The first kappa shape index (κ1) is 13.4. The minimum atomic E-state index is -4.99. The maximum atomic E-state index is 12.3. The van der Waals surface area contributed by atoms with E-state index in [4.69, 9.17) is 0 Å². The third kappa shape index (κ3) is 2.74. The Morgan fingerprint density at radius 3 is 2.40 bits per heavy atom. The van der Waals surface area contributed by atoms with E-state index >= 15 is 0 Å². The van der Waals surface area contributed by atoms with Crippen LogP contribution in [0.15, 0.2) is 18.2 Å². The molecule has 74 valence electrons. The summed E-state index contributed by atoms with van der Waals surface area (Å²) < 4.78 is 37.0. The standard InChI is InChI=1S/C9H7BF3O.K/c11-10(12,13)7-3-1-6-2-4-9(14)8(6)5-7;/h1,3,5H,2,4H2;/q-1;+1. The van der Waals surface area contributed by atoms with Crippen LogP contribution in [0.1, 0.15) is 22.3 Å². The van der Waals surface area contributed by atoms with Crippen molar-refractivity contribution in [1.29, 1.82) is 0 Å². The van der Waals surface area contributed by atoms with Gasteiger partial charge < -0.3 is 12.9 Å². The number of ketones is 1. The molecular weight excluding hydrogens is 231 g/mol. The van der Waals surface area contributed by atoms with Gasteiger partial charge in [0, 0.05) is 12.0 Å². The molecule has 0 unspecified atom stereocenters. The SMILES string of the molecule is O=C1CCc2ccc([B-](F)(F)F)cc21.[K+]. The minimum Gasteiger partial charge on any atom is -0.445 e. The van der Waals surface area contributed by atoms with E-state index in [1.807, 2.05) is 0 Å². The van der Waals surface area contributed by atoms with Crippen LogP contribution in [0.2, 0.25) is 0 Å². The molecule has 0 saturated carbocycles. The molecule has 0 radical (unpaired) electrons. The predicted molar refractivity (Wildman–Crippen MR) is 47.8 cm³/mol. The summed E-state index contributed by atoms with van der Waals surface area (Å²) in [5, 5.41) is 0. The Hall–Kier alpha value is 0.381. The van der Waals surface area contributed by atoms with Gasteiger partial charge in [-0.05, 0) is 12.0 Å². The van der Waals surface area contributed by atoms with E-state index in [0.717, 1.165) is 17.7 Å². The number of hydrogen-bond acceptors (Lipinski definition) is 1. The Balaban J connectivity index is 0.00000112.